The van der Waals surface area contributed by atoms with E-state index in [2.05, 4.69) is 52.5 Å². The van der Waals surface area contributed by atoms with Crippen molar-refractivity contribution in [3.05, 3.63) is 65.4 Å². The minimum absolute atomic E-state index is 0. The fourth-order valence-corrected chi connectivity index (χ4v) is 4.08. The van der Waals surface area contributed by atoms with Gasteiger partial charge in [-0.05, 0) is 30.4 Å². The number of nitrogens with one attached hydrogen (secondary N) is 1. The van der Waals surface area contributed by atoms with E-state index in [1.165, 1.54) is 5.56 Å². The Labute approximate surface area is 186 Å². The van der Waals surface area contributed by atoms with Crippen molar-refractivity contribution in [2.45, 2.75) is 25.8 Å². The van der Waals surface area contributed by atoms with Gasteiger partial charge in [0.15, 0.2) is 5.96 Å². The quantitative estimate of drug-likeness (QED) is 0.300. The van der Waals surface area contributed by atoms with Crippen LogP contribution in [0.4, 0.5) is 0 Å². The molecule has 0 saturated carbocycles. The van der Waals surface area contributed by atoms with Crippen LogP contribution in [0.25, 0.3) is 10.8 Å². The van der Waals surface area contributed by atoms with Crippen molar-refractivity contribution in [1.82, 2.24) is 15.2 Å². The lowest BCUT2D eigenvalue weighted by Crippen LogP contribution is -2.40. The molecule has 1 atom stereocenters. The van der Waals surface area contributed by atoms with E-state index in [9.17, 15) is 0 Å². The summed E-state index contributed by atoms with van der Waals surface area (Å²) in [5, 5.41) is 5.45. The normalized spacial score (nSPS) is 16.8. The van der Waals surface area contributed by atoms with Crippen LogP contribution in [0.3, 0.4) is 0 Å². The minimum atomic E-state index is 0. The molecule has 1 saturated heterocycles. The number of hydrogen-bond donors (Lipinski definition) is 1. The average Bonchev–Trinajstić information content (AvgIpc) is 3.47. The number of likely N-dealkylation sites (tertiary alicyclic amines) is 1. The van der Waals surface area contributed by atoms with Crippen LogP contribution in [0.5, 0.6) is 0 Å². The zero-order valence-electron chi connectivity index (χ0n) is 15.9. The highest BCUT2D eigenvalue weighted by Crippen LogP contribution is 2.27. The van der Waals surface area contributed by atoms with Gasteiger partial charge in [0, 0.05) is 25.6 Å². The summed E-state index contributed by atoms with van der Waals surface area (Å²) in [5.74, 6) is 2.19. The molecular formula is C21H25IN4OS. The number of oxazole rings is 1. The van der Waals surface area contributed by atoms with Crippen molar-refractivity contribution in [2.75, 3.05) is 19.6 Å². The first kappa shape index (κ1) is 20.9. The second-order valence-electron chi connectivity index (χ2n) is 6.63. The van der Waals surface area contributed by atoms with E-state index in [0.29, 0.717) is 18.4 Å². The molecular weight excluding hydrogens is 483 g/mol. The van der Waals surface area contributed by atoms with Gasteiger partial charge in [-0.2, -0.15) is 0 Å². The molecule has 1 aliphatic heterocycles. The van der Waals surface area contributed by atoms with Crippen LogP contribution in [0, 0.1) is 0 Å². The van der Waals surface area contributed by atoms with Crippen LogP contribution in [0.1, 0.15) is 30.5 Å². The van der Waals surface area contributed by atoms with Gasteiger partial charge in [-0.15, -0.1) is 35.3 Å². The first-order valence-electron chi connectivity index (χ1n) is 9.40. The molecule has 0 amide bonds. The topological polar surface area (TPSA) is 53.7 Å². The Morgan fingerprint density at radius 1 is 1.29 bits per heavy atom. The number of halogens is 1. The molecule has 0 radical (unpaired) electrons. The van der Waals surface area contributed by atoms with E-state index in [-0.39, 0.29) is 24.0 Å². The molecule has 0 spiro atoms. The Bertz CT molecular complexity index is 879. The number of aliphatic imine (C=N–C) groups is 1. The molecule has 1 aliphatic rings. The Morgan fingerprint density at radius 3 is 2.89 bits per heavy atom. The van der Waals surface area contributed by atoms with Gasteiger partial charge in [0.05, 0.1) is 11.4 Å². The largest absolute Gasteiger partial charge is 0.443 e. The SMILES string of the molecule is CCNC(=NCc1coc(-c2cccs2)n1)N1CCC(c2ccccc2)C1.I. The Kier molecular flexibility index (Phi) is 7.50. The van der Waals surface area contributed by atoms with Crippen LogP contribution in [-0.4, -0.2) is 35.5 Å². The summed E-state index contributed by atoms with van der Waals surface area (Å²) >= 11 is 1.63. The fraction of sp³-hybridized carbons (Fsp3) is 0.333. The summed E-state index contributed by atoms with van der Waals surface area (Å²) in [5.41, 5.74) is 2.26. The lowest BCUT2D eigenvalue weighted by atomic mass is 9.99. The molecule has 148 valence electrons. The maximum Gasteiger partial charge on any atom is 0.236 e. The lowest BCUT2D eigenvalue weighted by Gasteiger charge is -2.21. The highest BCUT2D eigenvalue weighted by atomic mass is 127. The van der Waals surface area contributed by atoms with E-state index < -0.39 is 0 Å². The third-order valence-electron chi connectivity index (χ3n) is 4.77. The Hall–Kier alpha value is -1.87. The lowest BCUT2D eigenvalue weighted by molar-refractivity contribution is 0.486. The zero-order chi connectivity index (χ0) is 18.5. The van der Waals surface area contributed by atoms with Crippen LogP contribution in [0.15, 0.2) is 63.5 Å². The summed E-state index contributed by atoms with van der Waals surface area (Å²) in [6, 6.07) is 14.8. The molecule has 3 heterocycles. The molecule has 5 nitrogen and oxygen atoms in total. The van der Waals surface area contributed by atoms with Crippen LogP contribution < -0.4 is 5.32 Å². The number of aromatic nitrogens is 1. The van der Waals surface area contributed by atoms with Gasteiger partial charge in [-0.3, -0.25) is 0 Å². The highest BCUT2D eigenvalue weighted by Gasteiger charge is 2.25. The standard InChI is InChI=1S/C21H24N4OS.HI/c1-2-22-21(25-11-10-17(14-25)16-7-4-3-5-8-16)23-13-18-15-26-20(24-18)19-9-6-12-27-19;/h3-9,12,15,17H,2,10-11,13-14H2,1H3,(H,22,23);1H. The minimum Gasteiger partial charge on any atom is -0.443 e. The number of benzene rings is 1. The summed E-state index contributed by atoms with van der Waals surface area (Å²) in [7, 11) is 0. The van der Waals surface area contributed by atoms with Crippen molar-refractivity contribution in [1.29, 1.82) is 0 Å². The summed E-state index contributed by atoms with van der Waals surface area (Å²) < 4.78 is 5.60. The summed E-state index contributed by atoms with van der Waals surface area (Å²) in [6.07, 6.45) is 2.86. The van der Waals surface area contributed by atoms with E-state index in [4.69, 9.17) is 9.41 Å². The molecule has 1 unspecified atom stereocenters. The molecule has 4 rings (SSSR count). The molecule has 1 aromatic carbocycles. The van der Waals surface area contributed by atoms with Crippen molar-refractivity contribution >= 4 is 41.3 Å². The second-order valence-corrected chi connectivity index (χ2v) is 7.58. The average molecular weight is 508 g/mol. The maximum atomic E-state index is 5.60. The smallest absolute Gasteiger partial charge is 0.236 e. The first-order valence-corrected chi connectivity index (χ1v) is 10.3. The van der Waals surface area contributed by atoms with Gasteiger partial charge >= 0.3 is 0 Å². The van der Waals surface area contributed by atoms with Crippen molar-refractivity contribution in [3.63, 3.8) is 0 Å². The third-order valence-corrected chi connectivity index (χ3v) is 5.63. The number of rotatable bonds is 5. The highest BCUT2D eigenvalue weighted by molar-refractivity contribution is 14.0. The van der Waals surface area contributed by atoms with E-state index in [1.54, 1.807) is 17.6 Å². The van der Waals surface area contributed by atoms with E-state index in [0.717, 1.165) is 42.6 Å². The third kappa shape index (κ3) is 4.94. The second kappa shape index (κ2) is 10.1. The summed E-state index contributed by atoms with van der Waals surface area (Å²) in [4.78, 5) is 12.8. The number of hydrogen-bond acceptors (Lipinski definition) is 4. The predicted octanol–water partition coefficient (Wildman–Crippen LogP) is 4.98. The first-order chi connectivity index (χ1) is 13.3. The Morgan fingerprint density at radius 2 is 2.14 bits per heavy atom. The predicted molar refractivity (Wildman–Crippen MR) is 125 cm³/mol. The van der Waals surface area contributed by atoms with Gasteiger partial charge in [0.1, 0.15) is 12.0 Å². The molecule has 1 N–H and O–H groups in total. The van der Waals surface area contributed by atoms with Gasteiger partial charge in [0.2, 0.25) is 5.89 Å². The number of nitrogens with zero attached hydrogens (tertiary/aromatic N) is 3. The number of thiophene rings is 1. The fourth-order valence-electron chi connectivity index (χ4n) is 3.42. The van der Waals surface area contributed by atoms with Gasteiger partial charge in [0.25, 0.3) is 0 Å². The maximum absolute atomic E-state index is 5.60. The van der Waals surface area contributed by atoms with E-state index in [1.807, 2.05) is 17.5 Å². The molecule has 28 heavy (non-hydrogen) atoms. The van der Waals surface area contributed by atoms with Crippen molar-refractivity contribution in [3.8, 4) is 10.8 Å². The number of guanidine groups is 1. The molecule has 1 fully saturated rings. The monoisotopic (exact) mass is 508 g/mol. The van der Waals surface area contributed by atoms with Crippen LogP contribution >= 0.6 is 35.3 Å². The molecule has 7 heteroatoms. The van der Waals surface area contributed by atoms with Gasteiger partial charge in [-0.25, -0.2) is 9.98 Å². The van der Waals surface area contributed by atoms with Crippen molar-refractivity contribution < 1.29 is 4.42 Å². The van der Waals surface area contributed by atoms with Gasteiger partial charge in [-0.1, -0.05) is 36.4 Å². The van der Waals surface area contributed by atoms with E-state index >= 15 is 0 Å². The van der Waals surface area contributed by atoms with Crippen LogP contribution in [0.2, 0.25) is 0 Å². The molecule has 3 aromatic rings. The molecule has 2 aromatic heterocycles. The molecule has 0 bridgehead atoms. The van der Waals surface area contributed by atoms with Crippen molar-refractivity contribution in [2.24, 2.45) is 4.99 Å². The summed E-state index contributed by atoms with van der Waals surface area (Å²) in [6.45, 7) is 5.49. The molecule has 0 aliphatic carbocycles. The van der Waals surface area contributed by atoms with Crippen LogP contribution in [-0.2, 0) is 6.54 Å². The Balaban J connectivity index is 0.00000225. The van der Waals surface area contributed by atoms with Gasteiger partial charge < -0.3 is 14.6 Å². The zero-order valence-corrected chi connectivity index (χ0v) is 19.0.